The van der Waals surface area contributed by atoms with Crippen LogP contribution < -0.4 is 0 Å². The zero-order valence-corrected chi connectivity index (χ0v) is 12.5. The third-order valence-electron chi connectivity index (χ3n) is 2.92. The first kappa shape index (κ1) is 16.9. The molecular formula is C14H20ClNO4. The maximum Gasteiger partial charge on any atom is 0.335 e. The number of nitrogens with zero attached hydrogens (tertiary/aromatic N) is 1. The number of hydrogen-bond acceptors (Lipinski definition) is 4. The second kappa shape index (κ2) is 8.92. The van der Waals surface area contributed by atoms with E-state index < -0.39 is 5.97 Å². The lowest BCUT2D eigenvalue weighted by molar-refractivity contribution is 0.0697. The first-order valence-electron chi connectivity index (χ1n) is 6.30. The van der Waals surface area contributed by atoms with Gasteiger partial charge in [0.25, 0.3) is 0 Å². The quantitative estimate of drug-likeness (QED) is 0.757. The van der Waals surface area contributed by atoms with Crippen molar-refractivity contribution in [3.63, 3.8) is 0 Å². The number of hydrogen-bond donors (Lipinski definition) is 1. The maximum atomic E-state index is 10.9. The van der Waals surface area contributed by atoms with Gasteiger partial charge in [-0.1, -0.05) is 17.7 Å². The van der Waals surface area contributed by atoms with Crippen molar-refractivity contribution in [3.05, 3.63) is 34.3 Å². The molecule has 1 N–H and O–H groups in total. The summed E-state index contributed by atoms with van der Waals surface area (Å²) < 4.78 is 10.2. The third-order valence-corrected chi connectivity index (χ3v) is 3.27. The second-order valence-corrected chi connectivity index (χ2v) is 4.78. The molecule has 0 fully saturated rings. The first-order chi connectivity index (χ1) is 9.58. The van der Waals surface area contributed by atoms with E-state index in [1.165, 1.54) is 6.07 Å². The molecule has 0 saturated carbocycles. The number of aromatic carboxylic acids is 1. The summed E-state index contributed by atoms with van der Waals surface area (Å²) in [5, 5.41) is 9.37. The number of carboxylic acids is 1. The number of rotatable bonds is 9. The van der Waals surface area contributed by atoms with Crippen LogP contribution in [-0.2, 0) is 16.0 Å². The average molecular weight is 302 g/mol. The van der Waals surface area contributed by atoms with Gasteiger partial charge < -0.3 is 14.6 Å². The molecule has 0 atom stereocenters. The van der Waals surface area contributed by atoms with E-state index in [-0.39, 0.29) is 5.56 Å². The lowest BCUT2D eigenvalue weighted by Crippen LogP contribution is -2.30. The molecule has 1 aromatic rings. The number of methoxy groups -OCH3 is 2. The second-order valence-electron chi connectivity index (χ2n) is 4.37. The summed E-state index contributed by atoms with van der Waals surface area (Å²) in [7, 11) is 3.31. The van der Waals surface area contributed by atoms with Gasteiger partial charge in [0.2, 0.25) is 0 Å². The normalized spacial score (nSPS) is 11.0. The van der Waals surface area contributed by atoms with Gasteiger partial charge in [0, 0.05) is 38.9 Å². The van der Waals surface area contributed by atoms with Crippen molar-refractivity contribution in [2.24, 2.45) is 0 Å². The molecule has 5 nitrogen and oxygen atoms in total. The van der Waals surface area contributed by atoms with E-state index in [4.69, 9.17) is 26.2 Å². The van der Waals surface area contributed by atoms with Gasteiger partial charge in [-0.05, 0) is 17.7 Å². The summed E-state index contributed by atoms with van der Waals surface area (Å²) in [4.78, 5) is 13.0. The van der Waals surface area contributed by atoms with Crippen molar-refractivity contribution >= 4 is 17.6 Å². The predicted octanol–water partition coefficient (Wildman–Crippen LogP) is 2.13. The molecule has 6 heteroatoms. The Morgan fingerprint density at radius 3 is 2.30 bits per heavy atom. The van der Waals surface area contributed by atoms with Gasteiger partial charge in [0.1, 0.15) is 0 Å². The van der Waals surface area contributed by atoms with E-state index in [0.717, 1.165) is 18.7 Å². The van der Waals surface area contributed by atoms with E-state index in [1.807, 2.05) is 0 Å². The lowest BCUT2D eigenvalue weighted by Gasteiger charge is -2.22. The fraction of sp³-hybridized carbons (Fsp3) is 0.500. The van der Waals surface area contributed by atoms with Crippen LogP contribution >= 0.6 is 11.6 Å². The van der Waals surface area contributed by atoms with E-state index in [1.54, 1.807) is 26.4 Å². The molecule has 0 amide bonds. The van der Waals surface area contributed by atoms with Gasteiger partial charge in [-0.15, -0.1) is 0 Å². The highest BCUT2D eigenvalue weighted by Gasteiger charge is 2.11. The number of ether oxygens (including phenoxy) is 2. The minimum atomic E-state index is -0.978. The van der Waals surface area contributed by atoms with E-state index >= 15 is 0 Å². The standard InChI is InChI=1S/C14H20ClNO4/c1-19-7-5-16(6-8-20-2)10-12-4-3-11(14(17)18)9-13(12)15/h3-4,9H,5-8,10H2,1-2H3,(H,17,18). The molecule has 0 saturated heterocycles. The summed E-state index contributed by atoms with van der Waals surface area (Å²) in [6.07, 6.45) is 0. The fourth-order valence-corrected chi connectivity index (χ4v) is 2.00. The summed E-state index contributed by atoms with van der Waals surface area (Å²) in [6.45, 7) is 3.39. The van der Waals surface area contributed by atoms with Gasteiger partial charge in [0.05, 0.1) is 18.8 Å². The predicted molar refractivity (Wildman–Crippen MR) is 77.4 cm³/mol. The molecule has 0 aromatic heterocycles. The summed E-state index contributed by atoms with van der Waals surface area (Å²) in [5.41, 5.74) is 1.09. The van der Waals surface area contributed by atoms with Gasteiger partial charge in [-0.2, -0.15) is 0 Å². The van der Waals surface area contributed by atoms with Crippen LogP contribution in [0.25, 0.3) is 0 Å². The topological polar surface area (TPSA) is 59.0 Å². The number of benzene rings is 1. The Bertz CT molecular complexity index is 431. The fourth-order valence-electron chi connectivity index (χ4n) is 1.76. The van der Waals surface area contributed by atoms with Crippen LogP contribution in [0.4, 0.5) is 0 Å². The summed E-state index contributed by atoms with van der Waals surface area (Å²) >= 11 is 6.13. The van der Waals surface area contributed by atoms with Crippen molar-refractivity contribution in [2.75, 3.05) is 40.5 Å². The number of halogens is 1. The largest absolute Gasteiger partial charge is 0.478 e. The van der Waals surface area contributed by atoms with Crippen molar-refractivity contribution in [1.82, 2.24) is 4.90 Å². The molecule has 0 unspecified atom stereocenters. The van der Waals surface area contributed by atoms with Crippen molar-refractivity contribution in [1.29, 1.82) is 0 Å². The Morgan fingerprint density at radius 1 is 1.25 bits per heavy atom. The molecule has 1 aromatic carbocycles. The number of carboxylic acid groups (broad SMARTS) is 1. The Balaban J connectivity index is 2.73. The summed E-state index contributed by atoms with van der Waals surface area (Å²) in [6, 6.07) is 4.79. The van der Waals surface area contributed by atoms with Crippen LogP contribution in [0.1, 0.15) is 15.9 Å². The number of carbonyl (C=O) groups is 1. The van der Waals surface area contributed by atoms with Gasteiger partial charge in [-0.25, -0.2) is 4.79 Å². The zero-order valence-electron chi connectivity index (χ0n) is 11.8. The van der Waals surface area contributed by atoms with E-state index in [9.17, 15) is 4.79 Å². The van der Waals surface area contributed by atoms with E-state index in [0.29, 0.717) is 24.8 Å². The molecule has 0 spiro atoms. The smallest absolute Gasteiger partial charge is 0.335 e. The average Bonchev–Trinajstić information content (AvgIpc) is 2.43. The van der Waals surface area contributed by atoms with Crippen LogP contribution in [0.2, 0.25) is 5.02 Å². The minimum absolute atomic E-state index is 0.194. The van der Waals surface area contributed by atoms with Crippen LogP contribution in [0.15, 0.2) is 18.2 Å². The highest BCUT2D eigenvalue weighted by molar-refractivity contribution is 6.31. The molecule has 0 aliphatic heterocycles. The molecule has 0 radical (unpaired) electrons. The monoisotopic (exact) mass is 301 g/mol. The molecule has 0 aliphatic rings. The van der Waals surface area contributed by atoms with E-state index in [2.05, 4.69) is 4.90 Å². The van der Waals surface area contributed by atoms with Crippen LogP contribution in [-0.4, -0.2) is 56.5 Å². The van der Waals surface area contributed by atoms with Gasteiger partial charge in [0.15, 0.2) is 0 Å². The van der Waals surface area contributed by atoms with Crippen LogP contribution in [0, 0.1) is 0 Å². The molecule has 0 aliphatic carbocycles. The molecular weight excluding hydrogens is 282 g/mol. The Labute approximate surface area is 124 Å². The minimum Gasteiger partial charge on any atom is -0.478 e. The van der Waals surface area contributed by atoms with Gasteiger partial charge >= 0.3 is 5.97 Å². The lowest BCUT2D eigenvalue weighted by atomic mass is 10.1. The summed E-state index contributed by atoms with van der Waals surface area (Å²) in [5.74, 6) is -0.978. The van der Waals surface area contributed by atoms with Crippen LogP contribution in [0.3, 0.4) is 0 Å². The van der Waals surface area contributed by atoms with Crippen molar-refractivity contribution in [3.8, 4) is 0 Å². The molecule has 112 valence electrons. The van der Waals surface area contributed by atoms with Crippen molar-refractivity contribution in [2.45, 2.75) is 6.54 Å². The van der Waals surface area contributed by atoms with Gasteiger partial charge in [-0.3, -0.25) is 4.90 Å². The SMILES string of the molecule is COCCN(CCOC)Cc1ccc(C(=O)O)cc1Cl. The van der Waals surface area contributed by atoms with Crippen molar-refractivity contribution < 1.29 is 19.4 Å². The highest BCUT2D eigenvalue weighted by Crippen LogP contribution is 2.19. The Hall–Kier alpha value is -1.14. The zero-order chi connectivity index (χ0) is 15.0. The molecule has 1 rings (SSSR count). The third kappa shape index (κ3) is 5.46. The Morgan fingerprint density at radius 2 is 1.85 bits per heavy atom. The highest BCUT2D eigenvalue weighted by atomic mass is 35.5. The molecule has 20 heavy (non-hydrogen) atoms. The first-order valence-corrected chi connectivity index (χ1v) is 6.68. The Kier molecular flexibility index (Phi) is 7.54. The molecule has 0 heterocycles. The van der Waals surface area contributed by atoms with Crippen LogP contribution in [0.5, 0.6) is 0 Å². The maximum absolute atomic E-state index is 10.9. The molecule has 0 bridgehead atoms.